The van der Waals surface area contributed by atoms with E-state index in [-0.39, 0.29) is 31.6 Å². The third-order valence-corrected chi connectivity index (χ3v) is 3.88. The van der Waals surface area contributed by atoms with Crippen molar-refractivity contribution < 1.29 is 23.9 Å². The molecule has 0 N–H and O–H groups in total. The van der Waals surface area contributed by atoms with Crippen molar-refractivity contribution in [1.82, 2.24) is 4.90 Å². The van der Waals surface area contributed by atoms with Crippen LogP contribution in [0.25, 0.3) is 0 Å². The zero-order valence-corrected chi connectivity index (χ0v) is 13.9. The molecule has 25 heavy (non-hydrogen) atoms. The predicted molar refractivity (Wildman–Crippen MR) is 89.7 cm³/mol. The number of benzene rings is 2. The van der Waals surface area contributed by atoms with Gasteiger partial charge < -0.3 is 9.47 Å². The fourth-order valence-corrected chi connectivity index (χ4v) is 2.53. The van der Waals surface area contributed by atoms with Crippen molar-refractivity contribution >= 4 is 29.4 Å². The van der Waals surface area contributed by atoms with E-state index in [1.54, 1.807) is 48.5 Å². The zero-order valence-electron chi connectivity index (χ0n) is 13.1. The first-order chi connectivity index (χ1) is 12.1. The number of amides is 2. The van der Waals surface area contributed by atoms with Crippen molar-refractivity contribution in [2.45, 2.75) is 0 Å². The first-order valence-corrected chi connectivity index (χ1v) is 7.93. The third-order valence-electron chi connectivity index (χ3n) is 3.63. The van der Waals surface area contributed by atoms with Crippen molar-refractivity contribution in [2.24, 2.45) is 0 Å². The second kappa shape index (κ2) is 7.36. The van der Waals surface area contributed by atoms with Gasteiger partial charge in [-0.3, -0.25) is 14.5 Å². The molecule has 3 rings (SSSR count). The molecule has 0 saturated carbocycles. The number of esters is 1. The van der Waals surface area contributed by atoms with E-state index in [1.807, 2.05) is 0 Å². The van der Waals surface area contributed by atoms with Crippen LogP contribution in [0.15, 0.2) is 48.5 Å². The van der Waals surface area contributed by atoms with E-state index in [0.29, 0.717) is 21.9 Å². The molecule has 1 aliphatic heterocycles. The van der Waals surface area contributed by atoms with E-state index >= 15 is 0 Å². The Morgan fingerprint density at radius 2 is 1.56 bits per heavy atom. The maximum absolute atomic E-state index is 12.2. The maximum atomic E-state index is 12.2. The number of halogens is 1. The van der Waals surface area contributed by atoms with Crippen LogP contribution in [-0.2, 0) is 9.53 Å². The molecule has 128 valence electrons. The number of carbonyl (C=O) groups is 3. The first kappa shape index (κ1) is 17.0. The summed E-state index contributed by atoms with van der Waals surface area (Å²) in [7, 11) is 0. The molecule has 6 nitrogen and oxygen atoms in total. The van der Waals surface area contributed by atoms with Crippen LogP contribution in [0, 0.1) is 0 Å². The van der Waals surface area contributed by atoms with Crippen molar-refractivity contribution in [3.8, 4) is 5.75 Å². The smallest absolute Gasteiger partial charge is 0.344 e. The predicted octanol–water partition coefficient (Wildman–Crippen LogP) is 2.56. The topological polar surface area (TPSA) is 72.9 Å². The van der Waals surface area contributed by atoms with Crippen molar-refractivity contribution in [3.63, 3.8) is 0 Å². The van der Waals surface area contributed by atoms with Gasteiger partial charge in [0.25, 0.3) is 11.8 Å². The highest BCUT2D eigenvalue weighted by Crippen LogP contribution is 2.22. The van der Waals surface area contributed by atoms with Crippen LogP contribution >= 0.6 is 11.6 Å². The number of hydrogen-bond donors (Lipinski definition) is 0. The summed E-state index contributed by atoms with van der Waals surface area (Å²) in [6.07, 6.45) is 0. The highest BCUT2D eigenvalue weighted by atomic mass is 35.5. The van der Waals surface area contributed by atoms with Crippen molar-refractivity contribution in [1.29, 1.82) is 0 Å². The van der Waals surface area contributed by atoms with Crippen LogP contribution < -0.4 is 4.74 Å². The van der Waals surface area contributed by atoms with Crippen molar-refractivity contribution in [3.05, 3.63) is 64.7 Å². The molecule has 0 aliphatic carbocycles. The number of ether oxygens (including phenoxy) is 2. The Hall–Kier alpha value is -2.86. The van der Waals surface area contributed by atoms with E-state index in [1.165, 1.54) is 0 Å². The summed E-state index contributed by atoms with van der Waals surface area (Å²) in [6, 6.07) is 13.1. The second-order valence-electron chi connectivity index (χ2n) is 5.27. The van der Waals surface area contributed by atoms with E-state index in [9.17, 15) is 14.4 Å². The molecule has 0 spiro atoms. The Morgan fingerprint density at radius 1 is 0.960 bits per heavy atom. The number of imide groups is 1. The van der Waals surface area contributed by atoms with E-state index in [0.717, 1.165) is 4.90 Å². The number of fused-ring (bicyclic) bond motifs is 1. The van der Waals surface area contributed by atoms with Gasteiger partial charge in [0.05, 0.1) is 17.7 Å². The Balaban J connectivity index is 1.45. The fraction of sp³-hybridized carbons (Fsp3) is 0.167. The molecule has 7 heteroatoms. The molecule has 2 aromatic rings. The van der Waals surface area contributed by atoms with Gasteiger partial charge in [-0.2, -0.15) is 0 Å². The Morgan fingerprint density at radius 3 is 2.16 bits per heavy atom. The molecule has 2 aromatic carbocycles. The van der Waals surface area contributed by atoms with Gasteiger partial charge in [-0.15, -0.1) is 0 Å². The lowest BCUT2D eigenvalue weighted by Crippen LogP contribution is -2.33. The molecule has 2 amide bonds. The first-order valence-electron chi connectivity index (χ1n) is 7.55. The standard InChI is InChI=1S/C18H14ClNO5/c19-12-5-7-13(8-6-12)25-11-16(21)24-10-9-20-17(22)14-3-1-2-4-15(14)18(20)23/h1-8H,9-11H2. The number of hydrogen-bond acceptors (Lipinski definition) is 5. The SMILES string of the molecule is O=C(COc1ccc(Cl)cc1)OCCN1C(=O)c2ccccc2C1=O. The lowest BCUT2D eigenvalue weighted by molar-refractivity contribution is -0.146. The highest BCUT2D eigenvalue weighted by Gasteiger charge is 2.34. The minimum atomic E-state index is -0.591. The van der Waals surface area contributed by atoms with Crippen LogP contribution in [0.1, 0.15) is 20.7 Å². The van der Waals surface area contributed by atoms with Gasteiger partial charge >= 0.3 is 5.97 Å². The van der Waals surface area contributed by atoms with Crippen LogP contribution in [0.5, 0.6) is 5.75 Å². The average Bonchev–Trinajstić information content (AvgIpc) is 2.86. The number of nitrogens with zero attached hydrogens (tertiary/aromatic N) is 1. The molecule has 0 fully saturated rings. The number of rotatable bonds is 6. The Kier molecular flexibility index (Phi) is 5.00. The molecule has 0 radical (unpaired) electrons. The molecule has 1 heterocycles. The summed E-state index contributed by atoms with van der Waals surface area (Å²) in [5.41, 5.74) is 0.731. The Labute approximate surface area is 148 Å². The van der Waals surface area contributed by atoms with Gasteiger partial charge in [-0.05, 0) is 36.4 Å². The monoisotopic (exact) mass is 359 g/mol. The van der Waals surface area contributed by atoms with E-state index < -0.39 is 5.97 Å². The molecular weight excluding hydrogens is 346 g/mol. The summed E-state index contributed by atoms with van der Waals surface area (Å²) in [5.74, 6) is -0.864. The minimum absolute atomic E-state index is 0.000961. The van der Waals surface area contributed by atoms with Gasteiger partial charge in [0, 0.05) is 5.02 Å². The molecule has 0 saturated heterocycles. The third kappa shape index (κ3) is 3.80. The molecule has 0 bridgehead atoms. The summed E-state index contributed by atoms with van der Waals surface area (Å²) in [4.78, 5) is 37.0. The lowest BCUT2D eigenvalue weighted by atomic mass is 10.1. The fourth-order valence-electron chi connectivity index (χ4n) is 2.41. The van der Waals surface area contributed by atoms with E-state index in [4.69, 9.17) is 21.1 Å². The van der Waals surface area contributed by atoms with E-state index in [2.05, 4.69) is 0 Å². The van der Waals surface area contributed by atoms with Crippen LogP contribution in [-0.4, -0.2) is 42.4 Å². The quantitative estimate of drug-likeness (QED) is 0.585. The zero-order chi connectivity index (χ0) is 17.8. The van der Waals surface area contributed by atoms with Crippen LogP contribution in [0.3, 0.4) is 0 Å². The van der Waals surface area contributed by atoms with Crippen molar-refractivity contribution in [2.75, 3.05) is 19.8 Å². The molecule has 0 aromatic heterocycles. The summed E-state index contributed by atoms with van der Waals surface area (Å²) >= 11 is 5.76. The largest absolute Gasteiger partial charge is 0.482 e. The van der Waals surface area contributed by atoms with Gasteiger partial charge in [0.2, 0.25) is 0 Å². The lowest BCUT2D eigenvalue weighted by Gasteiger charge is -2.14. The molecular formula is C18H14ClNO5. The number of carbonyl (C=O) groups excluding carboxylic acids is 3. The molecule has 0 unspecified atom stereocenters. The summed E-state index contributed by atoms with van der Waals surface area (Å²) < 4.78 is 10.3. The Bertz CT molecular complexity index is 783. The molecule has 1 aliphatic rings. The van der Waals surface area contributed by atoms with Gasteiger partial charge in [-0.1, -0.05) is 23.7 Å². The summed E-state index contributed by atoms with van der Waals surface area (Å²) in [6.45, 7) is -0.364. The minimum Gasteiger partial charge on any atom is -0.482 e. The average molecular weight is 360 g/mol. The summed E-state index contributed by atoms with van der Waals surface area (Å²) in [5, 5.41) is 0.566. The van der Waals surface area contributed by atoms with Gasteiger partial charge in [0.15, 0.2) is 6.61 Å². The van der Waals surface area contributed by atoms with Gasteiger partial charge in [0.1, 0.15) is 12.4 Å². The van der Waals surface area contributed by atoms with Gasteiger partial charge in [-0.25, -0.2) is 4.79 Å². The maximum Gasteiger partial charge on any atom is 0.344 e. The normalized spacial score (nSPS) is 12.9. The molecule has 0 atom stereocenters. The van der Waals surface area contributed by atoms with Crippen LogP contribution in [0.2, 0.25) is 5.02 Å². The second-order valence-corrected chi connectivity index (χ2v) is 5.71. The van der Waals surface area contributed by atoms with Crippen LogP contribution in [0.4, 0.5) is 0 Å². The highest BCUT2D eigenvalue weighted by molar-refractivity contribution is 6.30.